The van der Waals surface area contributed by atoms with Crippen LogP contribution >= 0.6 is 0 Å². The molecule has 2 rings (SSSR count). The fourth-order valence-corrected chi connectivity index (χ4v) is 1.27. The fraction of sp³-hybridized carbons (Fsp3) is 0.400. The first-order chi connectivity index (χ1) is 10.7. The largest absolute Gasteiger partial charge is 0.508 e. The normalized spacial score (nSPS) is 7.68. The third-order valence-electron chi connectivity index (χ3n) is 2.22. The maximum Gasteiger partial charge on any atom is 0.115 e. The van der Waals surface area contributed by atoms with Crippen molar-refractivity contribution in [1.29, 1.82) is 0 Å². The predicted octanol–water partition coefficient (Wildman–Crippen LogP) is 5.86. The average Bonchev–Trinajstić information content (AvgIpc) is 2.62. The molecule has 0 aromatic heterocycles. The molecule has 2 aromatic carbocycles. The Labute approximate surface area is 137 Å². The SMILES string of the molecule is CC.CC.CC(C)c1ccccc1.CO.Oc1ccccc1. The van der Waals surface area contributed by atoms with Crippen LogP contribution in [0.4, 0.5) is 0 Å². The Hall–Kier alpha value is -1.80. The number of hydrogen-bond acceptors (Lipinski definition) is 2. The molecule has 22 heavy (non-hydrogen) atoms. The lowest BCUT2D eigenvalue weighted by atomic mass is 10.0. The van der Waals surface area contributed by atoms with Crippen LogP contribution in [0, 0.1) is 0 Å². The first-order valence-electron chi connectivity index (χ1n) is 7.94. The van der Waals surface area contributed by atoms with Crippen molar-refractivity contribution in [3.8, 4) is 5.75 Å². The Morgan fingerprint density at radius 1 is 0.636 bits per heavy atom. The molecule has 0 aliphatic rings. The topological polar surface area (TPSA) is 40.5 Å². The van der Waals surface area contributed by atoms with Gasteiger partial charge in [0.25, 0.3) is 0 Å². The summed E-state index contributed by atoms with van der Waals surface area (Å²) in [5.41, 5.74) is 1.41. The predicted molar refractivity (Wildman–Crippen MR) is 99.5 cm³/mol. The molecular formula is C20H34O2. The number of phenolic OH excluding ortho intramolecular Hbond substituents is 1. The lowest BCUT2D eigenvalue weighted by molar-refractivity contribution is 0.399. The highest BCUT2D eigenvalue weighted by Gasteiger charge is 1.93. The molecule has 0 spiro atoms. The molecule has 0 saturated heterocycles. The van der Waals surface area contributed by atoms with Crippen LogP contribution in [-0.2, 0) is 0 Å². The van der Waals surface area contributed by atoms with Crippen LogP contribution in [0.25, 0.3) is 0 Å². The summed E-state index contributed by atoms with van der Waals surface area (Å²) in [6, 6.07) is 19.2. The lowest BCUT2D eigenvalue weighted by Gasteiger charge is -2.01. The van der Waals surface area contributed by atoms with Gasteiger partial charge in [-0.3, -0.25) is 0 Å². The van der Waals surface area contributed by atoms with Crippen molar-refractivity contribution in [2.24, 2.45) is 0 Å². The number of aliphatic hydroxyl groups is 1. The van der Waals surface area contributed by atoms with E-state index in [4.69, 9.17) is 10.2 Å². The van der Waals surface area contributed by atoms with Gasteiger partial charge in [-0.05, 0) is 23.6 Å². The van der Waals surface area contributed by atoms with Crippen LogP contribution in [0.2, 0.25) is 0 Å². The summed E-state index contributed by atoms with van der Waals surface area (Å²) >= 11 is 0. The third kappa shape index (κ3) is 16.3. The molecule has 0 unspecified atom stereocenters. The second kappa shape index (κ2) is 21.5. The maximum absolute atomic E-state index is 8.63. The monoisotopic (exact) mass is 306 g/mol. The van der Waals surface area contributed by atoms with E-state index in [2.05, 4.69) is 38.1 Å². The standard InChI is InChI=1S/C9H12.C6H6O.2C2H6.CH4O/c1-8(2)9-6-4-3-5-7-9;7-6-4-2-1-3-5-6;3*1-2/h3-8H,1-2H3;1-5,7H;2*1-2H3;2H,1H3. The Balaban J connectivity index is -0.000000249. The second-order valence-corrected chi connectivity index (χ2v) is 3.90. The number of aliphatic hydroxyl groups excluding tert-OH is 1. The van der Waals surface area contributed by atoms with Crippen LogP contribution < -0.4 is 0 Å². The summed E-state index contributed by atoms with van der Waals surface area (Å²) in [7, 11) is 1.00. The van der Waals surface area contributed by atoms with Crippen molar-refractivity contribution in [2.45, 2.75) is 47.5 Å². The molecule has 0 fully saturated rings. The second-order valence-electron chi connectivity index (χ2n) is 3.90. The van der Waals surface area contributed by atoms with E-state index in [1.54, 1.807) is 24.3 Å². The van der Waals surface area contributed by atoms with Crippen molar-refractivity contribution in [3.05, 3.63) is 66.2 Å². The van der Waals surface area contributed by atoms with E-state index < -0.39 is 0 Å². The summed E-state index contributed by atoms with van der Waals surface area (Å²) in [4.78, 5) is 0. The molecule has 0 bridgehead atoms. The van der Waals surface area contributed by atoms with E-state index in [1.807, 2.05) is 39.8 Å². The van der Waals surface area contributed by atoms with Gasteiger partial charge in [0, 0.05) is 7.11 Å². The number of phenols is 1. The van der Waals surface area contributed by atoms with Gasteiger partial charge < -0.3 is 10.2 Å². The molecule has 0 aliphatic heterocycles. The van der Waals surface area contributed by atoms with Gasteiger partial charge in [-0.25, -0.2) is 0 Å². The van der Waals surface area contributed by atoms with E-state index in [0.717, 1.165) is 7.11 Å². The smallest absolute Gasteiger partial charge is 0.115 e. The van der Waals surface area contributed by atoms with Crippen LogP contribution in [0.1, 0.15) is 53.0 Å². The third-order valence-corrected chi connectivity index (χ3v) is 2.22. The first-order valence-corrected chi connectivity index (χ1v) is 7.94. The number of rotatable bonds is 1. The van der Waals surface area contributed by atoms with Crippen LogP contribution in [-0.4, -0.2) is 17.3 Å². The first kappa shape index (κ1) is 25.2. The molecule has 0 heterocycles. The van der Waals surface area contributed by atoms with Crippen molar-refractivity contribution >= 4 is 0 Å². The minimum absolute atomic E-state index is 0.322. The maximum atomic E-state index is 8.63. The molecule has 0 amide bonds. The minimum atomic E-state index is 0.322. The average molecular weight is 306 g/mol. The number of benzene rings is 2. The highest BCUT2D eigenvalue weighted by molar-refractivity contribution is 5.18. The highest BCUT2D eigenvalue weighted by atomic mass is 16.3. The zero-order valence-corrected chi connectivity index (χ0v) is 15.2. The fourth-order valence-electron chi connectivity index (χ4n) is 1.27. The Kier molecular flexibility index (Phi) is 24.6. The van der Waals surface area contributed by atoms with E-state index in [0.29, 0.717) is 11.7 Å². The molecular weight excluding hydrogens is 272 g/mol. The summed E-state index contributed by atoms with van der Waals surface area (Å²) in [6.07, 6.45) is 0. The van der Waals surface area contributed by atoms with Crippen molar-refractivity contribution in [1.82, 2.24) is 0 Å². The zero-order chi connectivity index (χ0) is 17.8. The van der Waals surface area contributed by atoms with Gasteiger partial charge in [-0.1, -0.05) is 90.1 Å². The van der Waals surface area contributed by atoms with Gasteiger partial charge in [0.1, 0.15) is 5.75 Å². The van der Waals surface area contributed by atoms with Gasteiger partial charge in [-0.15, -0.1) is 0 Å². The summed E-state index contributed by atoms with van der Waals surface area (Å²) in [5.74, 6) is 0.980. The molecule has 2 N–H and O–H groups in total. The van der Waals surface area contributed by atoms with Gasteiger partial charge >= 0.3 is 0 Å². The van der Waals surface area contributed by atoms with E-state index in [9.17, 15) is 0 Å². The van der Waals surface area contributed by atoms with Crippen LogP contribution in [0.15, 0.2) is 60.7 Å². The molecule has 2 nitrogen and oxygen atoms in total. The molecule has 0 aliphatic carbocycles. The van der Waals surface area contributed by atoms with E-state index >= 15 is 0 Å². The lowest BCUT2D eigenvalue weighted by Crippen LogP contribution is -1.83. The molecule has 126 valence electrons. The Bertz CT molecular complexity index is 383. The molecule has 2 heteroatoms. The molecule has 0 radical (unpaired) electrons. The zero-order valence-electron chi connectivity index (χ0n) is 15.2. The van der Waals surface area contributed by atoms with Crippen molar-refractivity contribution in [2.75, 3.05) is 7.11 Å². The van der Waals surface area contributed by atoms with Crippen LogP contribution in [0.3, 0.4) is 0 Å². The summed E-state index contributed by atoms with van der Waals surface area (Å²) < 4.78 is 0. The van der Waals surface area contributed by atoms with Gasteiger partial charge in [-0.2, -0.15) is 0 Å². The number of hydrogen-bond donors (Lipinski definition) is 2. The molecule has 0 atom stereocenters. The van der Waals surface area contributed by atoms with Crippen molar-refractivity contribution < 1.29 is 10.2 Å². The summed E-state index contributed by atoms with van der Waals surface area (Å²) in [5, 5.41) is 15.6. The van der Waals surface area contributed by atoms with Gasteiger partial charge in [0.15, 0.2) is 0 Å². The minimum Gasteiger partial charge on any atom is -0.508 e. The Morgan fingerprint density at radius 2 is 0.955 bits per heavy atom. The molecule has 2 aromatic rings. The quantitative estimate of drug-likeness (QED) is 0.692. The van der Waals surface area contributed by atoms with E-state index in [1.165, 1.54) is 5.56 Å². The van der Waals surface area contributed by atoms with Crippen molar-refractivity contribution in [3.63, 3.8) is 0 Å². The van der Waals surface area contributed by atoms with Crippen LogP contribution in [0.5, 0.6) is 5.75 Å². The van der Waals surface area contributed by atoms with Gasteiger partial charge in [0.05, 0.1) is 0 Å². The van der Waals surface area contributed by atoms with E-state index in [-0.39, 0.29) is 0 Å². The summed E-state index contributed by atoms with van der Waals surface area (Å²) in [6.45, 7) is 12.4. The number of para-hydroxylation sites is 1. The Morgan fingerprint density at radius 3 is 1.14 bits per heavy atom. The molecule has 0 saturated carbocycles. The highest BCUT2D eigenvalue weighted by Crippen LogP contribution is 2.11. The number of aromatic hydroxyl groups is 1. The van der Waals surface area contributed by atoms with Gasteiger partial charge in [0.2, 0.25) is 0 Å².